The Morgan fingerprint density at radius 2 is 2.00 bits per heavy atom. The van der Waals surface area contributed by atoms with Crippen LogP contribution in [0.25, 0.3) is 0 Å². The number of unbranched alkanes of at least 4 members (excludes halogenated alkanes) is 1. The van der Waals surface area contributed by atoms with E-state index in [4.69, 9.17) is 18.9 Å². The molecule has 140 valence electrons. The number of ether oxygens (including phenoxy) is 4. The van der Waals surface area contributed by atoms with E-state index in [2.05, 4.69) is 13.8 Å². The van der Waals surface area contributed by atoms with Crippen LogP contribution in [0.3, 0.4) is 0 Å². The topological polar surface area (TPSA) is 57.2 Å². The molecule has 6 atom stereocenters. The lowest BCUT2D eigenvalue weighted by Crippen LogP contribution is -2.61. The van der Waals surface area contributed by atoms with Gasteiger partial charge in [-0.15, -0.1) is 11.8 Å². The lowest BCUT2D eigenvalue weighted by molar-refractivity contribution is -0.323. The zero-order valence-corrected chi connectivity index (χ0v) is 15.7. The maximum Gasteiger partial charge on any atom is 0.184 e. The van der Waals surface area contributed by atoms with Gasteiger partial charge in [0.15, 0.2) is 6.29 Å². The van der Waals surface area contributed by atoms with E-state index >= 15 is 0 Å². The SMILES string of the molecule is CCCCOC1[C@H]2OC(c3ccccc3)OCC2O[C@@H](SCC)[C@H]1O. The molecule has 2 aliphatic rings. The molecule has 2 aliphatic heterocycles. The number of aliphatic hydroxyl groups is 1. The third-order valence-electron chi connectivity index (χ3n) is 4.52. The molecular weight excluding hydrogens is 340 g/mol. The largest absolute Gasteiger partial charge is 0.387 e. The lowest BCUT2D eigenvalue weighted by atomic mass is 9.98. The molecule has 0 aromatic heterocycles. The van der Waals surface area contributed by atoms with Crippen molar-refractivity contribution in [2.24, 2.45) is 0 Å². The predicted molar refractivity (Wildman–Crippen MR) is 97.5 cm³/mol. The number of hydrogen-bond donors (Lipinski definition) is 1. The number of benzene rings is 1. The fraction of sp³-hybridized carbons (Fsp3) is 0.684. The van der Waals surface area contributed by atoms with Crippen LogP contribution >= 0.6 is 11.8 Å². The van der Waals surface area contributed by atoms with Gasteiger partial charge >= 0.3 is 0 Å². The summed E-state index contributed by atoms with van der Waals surface area (Å²) in [4.78, 5) is 0. The zero-order chi connectivity index (χ0) is 17.6. The molecule has 2 saturated heterocycles. The fourth-order valence-corrected chi connectivity index (χ4v) is 4.10. The van der Waals surface area contributed by atoms with Gasteiger partial charge in [-0.1, -0.05) is 50.6 Å². The molecule has 2 fully saturated rings. The Morgan fingerprint density at radius 3 is 2.72 bits per heavy atom. The highest BCUT2D eigenvalue weighted by Gasteiger charge is 2.50. The minimum Gasteiger partial charge on any atom is -0.387 e. The average molecular weight is 368 g/mol. The van der Waals surface area contributed by atoms with Gasteiger partial charge in [0.2, 0.25) is 0 Å². The molecule has 1 aromatic rings. The Bertz CT molecular complexity index is 514. The van der Waals surface area contributed by atoms with Gasteiger partial charge in [0.05, 0.1) is 6.61 Å². The van der Waals surface area contributed by atoms with Crippen LogP contribution in [0.5, 0.6) is 0 Å². The Morgan fingerprint density at radius 1 is 1.20 bits per heavy atom. The molecule has 1 N–H and O–H groups in total. The second-order valence-electron chi connectivity index (χ2n) is 6.35. The van der Waals surface area contributed by atoms with Gasteiger partial charge in [0.1, 0.15) is 29.9 Å². The van der Waals surface area contributed by atoms with Crippen molar-refractivity contribution in [1.82, 2.24) is 0 Å². The molecule has 0 aliphatic carbocycles. The highest BCUT2D eigenvalue weighted by atomic mass is 32.2. The Balaban J connectivity index is 1.73. The summed E-state index contributed by atoms with van der Waals surface area (Å²) >= 11 is 1.59. The van der Waals surface area contributed by atoms with Gasteiger partial charge in [0.25, 0.3) is 0 Å². The van der Waals surface area contributed by atoms with Crippen molar-refractivity contribution in [3.63, 3.8) is 0 Å². The number of thioether (sulfide) groups is 1. The molecule has 5 nitrogen and oxygen atoms in total. The summed E-state index contributed by atoms with van der Waals surface area (Å²) in [7, 11) is 0. The van der Waals surface area contributed by atoms with E-state index in [9.17, 15) is 5.11 Å². The summed E-state index contributed by atoms with van der Waals surface area (Å²) in [6.07, 6.45) is -0.102. The molecule has 2 heterocycles. The fourth-order valence-electron chi connectivity index (χ4n) is 3.20. The number of rotatable bonds is 7. The third-order valence-corrected chi connectivity index (χ3v) is 5.57. The summed E-state index contributed by atoms with van der Waals surface area (Å²) in [5.41, 5.74) is 0.658. The van der Waals surface area contributed by atoms with Crippen LogP contribution in [0.2, 0.25) is 0 Å². The maximum atomic E-state index is 10.8. The molecule has 0 saturated carbocycles. The second kappa shape index (κ2) is 9.35. The first-order valence-corrected chi connectivity index (χ1v) is 10.2. The van der Waals surface area contributed by atoms with Gasteiger partial charge in [-0.3, -0.25) is 0 Å². The first-order chi connectivity index (χ1) is 12.2. The highest BCUT2D eigenvalue weighted by Crippen LogP contribution is 2.37. The molecule has 0 bridgehead atoms. The van der Waals surface area contributed by atoms with Gasteiger partial charge in [-0.25, -0.2) is 0 Å². The molecule has 1 aromatic carbocycles. The van der Waals surface area contributed by atoms with Crippen molar-refractivity contribution in [3.8, 4) is 0 Å². The molecule has 6 heteroatoms. The number of fused-ring (bicyclic) bond motifs is 1. The summed E-state index contributed by atoms with van der Waals surface area (Å²) in [6.45, 7) is 5.23. The van der Waals surface area contributed by atoms with Crippen LogP contribution in [0.1, 0.15) is 38.5 Å². The van der Waals surface area contributed by atoms with E-state index in [1.807, 2.05) is 30.3 Å². The molecule has 0 amide bonds. The molecular formula is C19H28O5S. The van der Waals surface area contributed by atoms with Gasteiger partial charge in [-0.2, -0.15) is 0 Å². The van der Waals surface area contributed by atoms with E-state index in [1.54, 1.807) is 11.8 Å². The van der Waals surface area contributed by atoms with Crippen LogP contribution in [0.15, 0.2) is 30.3 Å². The predicted octanol–water partition coefficient (Wildman–Crippen LogP) is 3.12. The van der Waals surface area contributed by atoms with Gasteiger partial charge < -0.3 is 24.1 Å². The van der Waals surface area contributed by atoms with E-state index < -0.39 is 18.5 Å². The van der Waals surface area contributed by atoms with Crippen molar-refractivity contribution in [2.75, 3.05) is 19.0 Å². The van der Waals surface area contributed by atoms with Crippen molar-refractivity contribution >= 4 is 11.8 Å². The summed E-state index contributed by atoms with van der Waals surface area (Å²) in [5, 5.41) is 10.8. The smallest absolute Gasteiger partial charge is 0.184 e. The van der Waals surface area contributed by atoms with Gasteiger partial charge in [-0.05, 0) is 12.2 Å². The van der Waals surface area contributed by atoms with Crippen molar-refractivity contribution < 1.29 is 24.1 Å². The number of aliphatic hydroxyl groups excluding tert-OH is 1. The average Bonchev–Trinajstić information content (AvgIpc) is 2.65. The zero-order valence-electron chi connectivity index (χ0n) is 14.9. The number of hydrogen-bond acceptors (Lipinski definition) is 6. The molecule has 3 unspecified atom stereocenters. The first-order valence-electron chi connectivity index (χ1n) is 9.13. The van der Waals surface area contributed by atoms with Crippen LogP contribution in [-0.4, -0.2) is 53.9 Å². The Labute approximate surface area is 154 Å². The summed E-state index contributed by atoms with van der Waals surface area (Å²) < 4.78 is 24.1. The molecule has 25 heavy (non-hydrogen) atoms. The minimum atomic E-state index is -0.711. The lowest BCUT2D eigenvalue weighted by Gasteiger charge is -2.47. The third kappa shape index (κ3) is 4.56. The quantitative estimate of drug-likeness (QED) is 0.746. The molecule has 0 spiro atoms. The Hall–Kier alpha value is -0.630. The van der Waals surface area contributed by atoms with E-state index in [0.717, 1.165) is 24.2 Å². The standard InChI is InChI=1S/C19H28O5S/c1-3-5-11-21-17-15(20)19(25-4-2)23-14-12-22-18(24-16(14)17)13-9-7-6-8-10-13/h6-10,14-20H,3-5,11-12H2,1-2H3/t14?,15-,16-,17?,18?,19-/m0/s1. The maximum absolute atomic E-state index is 10.8. The van der Waals surface area contributed by atoms with E-state index in [1.165, 1.54) is 0 Å². The molecule has 3 rings (SSSR count). The summed E-state index contributed by atoms with van der Waals surface area (Å²) in [6, 6.07) is 9.85. The normalized spacial score (nSPS) is 35.3. The molecule has 0 radical (unpaired) electrons. The Kier molecular flexibility index (Phi) is 7.16. The van der Waals surface area contributed by atoms with Crippen LogP contribution in [0, 0.1) is 0 Å². The monoisotopic (exact) mass is 368 g/mol. The van der Waals surface area contributed by atoms with Crippen molar-refractivity contribution in [3.05, 3.63) is 35.9 Å². The second-order valence-corrected chi connectivity index (χ2v) is 7.73. The van der Waals surface area contributed by atoms with Crippen LogP contribution in [-0.2, 0) is 18.9 Å². The van der Waals surface area contributed by atoms with Crippen LogP contribution < -0.4 is 0 Å². The van der Waals surface area contributed by atoms with E-state index in [-0.39, 0.29) is 17.6 Å². The van der Waals surface area contributed by atoms with Gasteiger partial charge in [0, 0.05) is 12.2 Å². The first kappa shape index (κ1) is 19.1. The minimum absolute atomic E-state index is 0.223. The van der Waals surface area contributed by atoms with Crippen molar-refractivity contribution in [1.29, 1.82) is 0 Å². The highest BCUT2D eigenvalue weighted by molar-refractivity contribution is 7.99. The van der Waals surface area contributed by atoms with E-state index in [0.29, 0.717) is 13.2 Å². The van der Waals surface area contributed by atoms with Crippen LogP contribution in [0.4, 0.5) is 0 Å². The summed E-state index contributed by atoms with van der Waals surface area (Å²) in [5.74, 6) is 0.870. The van der Waals surface area contributed by atoms with Crippen molar-refractivity contribution in [2.45, 2.75) is 62.8 Å².